The number of carbonyl (C=O) groups excluding carboxylic acids is 1. The van der Waals surface area contributed by atoms with Crippen LogP contribution in [-0.4, -0.2) is 15.3 Å². The zero-order valence-electron chi connectivity index (χ0n) is 12.7. The lowest BCUT2D eigenvalue weighted by Gasteiger charge is -2.19. The van der Waals surface area contributed by atoms with Gasteiger partial charge < -0.3 is 9.67 Å². The molecule has 0 saturated carbocycles. The summed E-state index contributed by atoms with van der Waals surface area (Å²) < 4.78 is 1.47. The van der Waals surface area contributed by atoms with Crippen molar-refractivity contribution in [1.29, 1.82) is 0 Å². The molecule has 0 aliphatic heterocycles. The van der Waals surface area contributed by atoms with E-state index in [4.69, 9.17) is 0 Å². The van der Waals surface area contributed by atoms with Crippen LogP contribution in [0.25, 0.3) is 10.9 Å². The van der Waals surface area contributed by atoms with Crippen molar-refractivity contribution in [2.45, 2.75) is 19.9 Å². The second-order valence-electron chi connectivity index (χ2n) is 5.23. The minimum atomic E-state index is -0.518. The largest absolute Gasteiger partial charge is 0.871 e. The minimum Gasteiger partial charge on any atom is -0.871 e. The van der Waals surface area contributed by atoms with Crippen molar-refractivity contribution in [3.05, 3.63) is 70.3 Å². The van der Waals surface area contributed by atoms with Gasteiger partial charge in [-0.05, 0) is 36.1 Å². The van der Waals surface area contributed by atoms with Gasteiger partial charge in [-0.3, -0.25) is 14.6 Å². The first-order chi connectivity index (χ1) is 11.1. The maximum absolute atomic E-state index is 12.6. The molecule has 0 fully saturated rings. The number of Topliss-reactive ketones (excluding diaryl/α,β-unsaturated/α-hetero) is 1. The number of hydrogen-bond acceptors (Lipinski definition) is 4. The van der Waals surface area contributed by atoms with E-state index in [2.05, 4.69) is 4.98 Å². The van der Waals surface area contributed by atoms with Gasteiger partial charge in [-0.1, -0.05) is 23.9 Å². The predicted octanol–water partition coefficient (Wildman–Crippen LogP) is 1.92. The summed E-state index contributed by atoms with van der Waals surface area (Å²) in [6.45, 7) is 2.21. The Labute approximate surface area is 132 Å². The van der Waals surface area contributed by atoms with E-state index in [1.807, 2.05) is 6.92 Å². The maximum atomic E-state index is 12.6. The summed E-state index contributed by atoms with van der Waals surface area (Å²) in [4.78, 5) is 29.0. The van der Waals surface area contributed by atoms with Crippen molar-refractivity contribution in [1.82, 2.24) is 9.55 Å². The highest BCUT2D eigenvalue weighted by atomic mass is 16.3. The summed E-state index contributed by atoms with van der Waals surface area (Å²) in [7, 11) is 0. The highest BCUT2D eigenvalue weighted by molar-refractivity contribution is 6.04. The van der Waals surface area contributed by atoms with Crippen LogP contribution in [0, 0.1) is 0 Å². The summed E-state index contributed by atoms with van der Waals surface area (Å²) in [5.74, 6) is -0.950. The van der Waals surface area contributed by atoms with E-state index in [1.54, 1.807) is 48.8 Å². The number of pyridine rings is 2. The lowest BCUT2D eigenvalue weighted by Crippen LogP contribution is -2.29. The molecule has 0 aliphatic rings. The number of carbonyl (C=O) groups is 1. The fourth-order valence-electron chi connectivity index (χ4n) is 2.71. The van der Waals surface area contributed by atoms with E-state index >= 15 is 0 Å². The van der Waals surface area contributed by atoms with Crippen molar-refractivity contribution in [2.24, 2.45) is 0 Å². The van der Waals surface area contributed by atoms with Crippen molar-refractivity contribution in [3.63, 3.8) is 0 Å². The zero-order chi connectivity index (χ0) is 16.4. The molecule has 116 valence electrons. The first-order valence-electron chi connectivity index (χ1n) is 7.38. The van der Waals surface area contributed by atoms with Crippen LogP contribution in [0.15, 0.2) is 53.6 Å². The van der Waals surface area contributed by atoms with Gasteiger partial charge in [0.05, 0.1) is 11.1 Å². The molecule has 0 spiro atoms. The first kappa shape index (κ1) is 15.0. The van der Waals surface area contributed by atoms with E-state index in [-0.39, 0.29) is 12.0 Å². The lowest BCUT2D eigenvalue weighted by atomic mass is 10.0. The van der Waals surface area contributed by atoms with Crippen LogP contribution in [0.3, 0.4) is 0 Å². The molecule has 3 rings (SSSR count). The van der Waals surface area contributed by atoms with Crippen molar-refractivity contribution < 1.29 is 9.90 Å². The van der Waals surface area contributed by atoms with Gasteiger partial charge in [0, 0.05) is 25.4 Å². The quantitative estimate of drug-likeness (QED) is 0.690. The molecule has 0 radical (unpaired) electrons. The van der Waals surface area contributed by atoms with E-state index in [0.29, 0.717) is 17.4 Å². The van der Waals surface area contributed by atoms with Gasteiger partial charge in [-0.25, -0.2) is 0 Å². The maximum Gasteiger partial charge on any atom is 0.261 e. The SMILES string of the molecule is CCn1c(=O)c(C(=O)Cc2ccncc2)c([O-])c2ccccc21. The molecular formula is C18H15N2O3-. The molecule has 5 nitrogen and oxygen atoms in total. The average molecular weight is 307 g/mol. The molecule has 5 heteroatoms. The Bertz CT molecular complexity index is 930. The van der Waals surface area contributed by atoms with Crippen molar-refractivity contribution >= 4 is 16.7 Å². The number of ketones is 1. The summed E-state index contributed by atoms with van der Waals surface area (Å²) in [6, 6.07) is 10.3. The Balaban J connectivity index is 2.17. The van der Waals surface area contributed by atoms with Crippen LogP contribution < -0.4 is 10.7 Å². The average Bonchev–Trinajstić information content (AvgIpc) is 2.56. The molecule has 0 atom stereocenters. The predicted molar refractivity (Wildman–Crippen MR) is 85.6 cm³/mol. The van der Waals surface area contributed by atoms with Gasteiger partial charge in [0.15, 0.2) is 5.78 Å². The highest BCUT2D eigenvalue weighted by Crippen LogP contribution is 2.24. The third kappa shape index (κ3) is 2.61. The molecule has 2 heterocycles. The second kappa shape index (κ2) is 6.04. The molecule has 0 aliphatic carbocycles. The fourth-order valence-corrected chi connectivity index (χ4v) is 2.71. The molecule has 0 amide bonds. The number of fused-ring (bicyclic) bond motifs is 1. The molecule has 0 saturated heterocycles. The Morgan fingerprint density at radius 3 is 2.57 bits per heavy atom. The van der Waals surface area contributed by atoms with Crippen molar-refractivity contribution in [3.8, 4) is 5.75 Å². The van der Waals surface area contributed by atoms with Gasteiger partial charge in [-0.15, -0.1) is 0 Å². The third-order valence-electron chi connectivity index (χ3n) is 3.83. The third-order valence-corrected chi connectivity index (χ3v) is 3.83. The Morgan fingerprint density at radius 2 is 1.87 bits per heavy atom. The van der Waals surface area contributed by atoms with Crippen LogP contribution in [0.4, 0.5) is 0 Å². The number of rotatable bonds is 4. The summed E-state index contributed by atoms with van der Waals surface area (Å²) >= 11 is 0. The number of nitrogens with zero attached hydrogens (tertiary/aromatic N) is 2. The van der Waals surface area contributed by atoms with Crippen LogP contribution >= 0.6 is 0 Å². The van der Waals surface area contributed by atoms with Crippen LogP contribution in [0.5, 0.6) is 5.75 Å². The summed E-state index contributed by atoms with van der Waals surface area (Å²) in [5.41, 5.74) is 0.503. The number of aryl methyl sites for hydroxylation is 1. The number of benzene rings is 1. The van der Waals surface area contributed by atoms with Gasteiger partial charge in [0.2, 0.25) is 0 Å². The van der Waals surface area contributed by atoms with Gasteiger partial charge in [0.25, 0.3) is 5.56 Å². The first-order valence-corrected chi connectivity index (χ1v) is 7.38. The molecular weight excluding hydrogens is 292 g/mol. The molecule has 1 aromatic carbocycles. The van der Waals surface area contributed by atoms with Gasteiger partial charge in [0.1, 0.15) is 0 Å². The van der Waals surface area contributed by atoms with Crippen molar-refractivity contribution in [2.75, 3.05) is 0 Å². The van der Waals surface area contributed by atoms with Crippen LogP contribution in [0.1, 0.15) is 22.8 Å². The number of hydrogen-bond donors (Lipinski definition) is 0. The Hall–Kier alpha value is -2.95. The standard InChI is InChI=1S/C18H16N2O3/c1-2-20-14-6-4-3-5-13(14)17(22)16(18(20)23)15(21)11-12-7-9-19-10-8-12/h3-10,22H,2,11H2,1H3/p-1. The van der Waals surface area contributed by atoms with Crippen LogP contribution in [0.2, 0.25) is 0 Å². The smallest absolute Gasteiger partial charge is 0.261 e. The molecule has 0 bridgehead atoms. The summed E-state index contributed by atoms with van der Waals surface area (Å²) in [6.07, 6.45) is 3.16. The van der Waals surface area contributed by atoms with E-state index in [9.17, 15) is 14.7 Å². The zero-order valence-corrected chi connectivity index (χ0v) is 12.7. The molecule has 23 heavy (non-hydrogen) atoms. The Kier molecular flexibility index (Phi) is 3.93. The molecule has 0 unspecified atom stereocenters. The topological polar surface area (TPSA) is 75.0 Å². The van der Waals surface area contributed by atoms with E-state index in [1.165, 1.54) is 4.57 Å². The van der Waals surface area contributed by atoms with Gasteiger partial charge in [-0.2, -0.15) is 0 Å². The fraction of sp³-hybridized carbons (Fsp3) is 0.167. The Morgan fingerprint density at radius 1 is 1.17 bits per heavy atom. The number of aromatic nitrogens is 2. The van der Waals surface area contributed by atoms with E-state index in [0.717, 1.165) is 5.56 Å². The normalized spacial score (nSPS) is 10.8. The molecule has 2 aromatic heterocycles. The van der Waals surface area contributed by atoms with Crippen LogP contribution in [-0.2, 0) is 13.0 Å². The summed E-state index contributed by atoms with van der Waals surface area (Å²) in [5, 5.41) is 13.0. The molecule has 0 N–H and O–H groups in total. The van der Waals surface area contributed by atoms with E-state index < -0.39 is 17.1 Å². The lowest BCUT2D eigenvalue weighted by molar-refractivity contribution is -0.266. The monoisotopic (exact) mass is 307 g/mol. The van der Waals surface area contributed by atoms with Gasteiger partial charge >= 0.3 is 0 Å². The second-order valence-corrected chi connectivity index (χ2v) is 5.23. The number of para-hydroxylation sites is 1. The minimum absolute atomic E-state index is 0.00898. The highest BCUT2D eigenvalue weighted by Gasteiger charge is 2.17. The molecule has 3 aromatic rings.